The molecule has 9 nitrogen and oxygen atoms in total. The molecular formula is C18H16N8O. The van der Waals surface area contributed by atoms with Gasteiger partial charge in [0.15, 0.2) is 11.5 Å². The third kappa shape index (κ3) is 3.43. The lowest BCUT2D eigenvalue weighted by molar-refractivity contribution is 0.102. The summed E-state index contributed by atoms with van der Waals surface area (Å²) in [6.07, 6.45) is 2.79. The Labute approximate surface area is 154 Å². The van der Waals surface area contributed by atoms with Crippen LogP contribution in [-0.4, -0.2) is 40.6 Å². The van der Waals surface area contributed by atoms with E-state index in [4.69, 9.17) is 0 Å². The van der Waals surface area contributed by atoms with Crippen molar-refractivity contribution in [3.8, 4) is 11.5 Å². The third-order valence-corrected chi connectivity index (χ3v) is 3.83. The van der Waals surface area contributed by atoms with Crippen molar-refractivity contribution >= 4 is 11.7 Å². The lowest BCUT2D eigenvalue weighted by Gasteiger charge is -2.06. The third-order valence-electron chi connectivity index (χ3n) is 3.83. The fourth-order valence-electron chi connectivity index (χ4n) is 2.63. The number of benzene rings is 1. The summed E-state index contributed by atoms with van der Waals surface area (Å²) < 4.78 is 1.69. The fraction of sp³-hybridized carbons (Fsp3) is 0.111. The van der Waals surface area contributed by atoms with Crippen LogP contribution in [0.15, 0.2) is 55.0 Å². The molecule has 3 heterocycles. The van der Waals surface area contributed by atoms with E-state index in [-0.39, 0.29) is 5.69 Å². The van der Waals surface area contributed by atoms with Crippen LogP contribution in [0.25, 0.3) is 11.5 Å². The normalized spacial score (nSPS) is 10.7. The molecule has 1 amide bonds. The number of carbonyl (C=O) groups is 1. The van der Waals surface area contributed by atoms with E-state index in [0.717, 1.165) is 17.1 Å². The molecule has 1 N–H and O–H groups in total. The van der Waals surface area contributed by atoms with Crippen molar-refractivity contribution in [1.82, 2.24) is 34.7 Å². The molecule has 4 rings (SSSR count). The zero-order chi connectivity index (χ0) is 18.8. The highest BCUT2D eigenvalue weighted by Crippen LogP contribution is 2.13. The number of aryl methyl sites for hydroxylation is 2. The first-order valence-corrected chi connectivity index (χ1v) is 8.25. The number of para-hydroxylation sites is 1. The summed E-state index contributed by atoms with van der Waals surface area (Å²) in [5.74, 6) is 0.515. The highest BCUT2D eigenvalue weighted by Gasteiger charge is 2.14. The van der Waals surface area contributed by atoms with Crippen LogP contribution in [0.5, 0.6) is 0 Å². The van der Waals surface area contributed by atoms with Crippen molar-refractivity contribution in [2.24, 2.45) is 0 Å². The van der Waals surface area contributed by atoms with Crippen LogP contribution < -0.4 is 5.32 Å². The quantitative estimate of drug-likeness (QED) is 0.598. The topological polar surface area (TPSA) is 103 Å². The summed E-state index contributed by atoms with van der Waals surface area (Å²) in [5.41, 5.74) is 2.78. The minimum Gasteiger partial charge on any atom is -0.305 e. The van der Waals surface area contributed by atoms with Crippen LogP contribution in [0, 0.1) is 13.8 Å². The molecule has 0 radical (unpaired) electrons. The van der Waals surface area contributed by atoms with Crippen LogP contribution in [-0.2, 0) is 0 Å². The highest BCUT2D eigenvalue weighted by molar-refractivity contribution is 6.02. The van der Waals surface area contributed by atoms with Gasteiger partial charge in [0.25, 0.3) is 5.91 Å². The van der Waals surface area contributed by atoms with Gasteiger partial charge in [0.1, 0.15) is 12.1 Å². The van der Waals surface area contributed by atoms with Crippen molar-refractivity contribution in [3.63, 3.8) is 0 Å². The van der Waals surface area contributed by atoms with E-state index in [1.54, 1.807) is 10.7 Å². The molecule has 0 saturated heterocycles. The van der Waals surface area contributed by atoms with Crippen LogP contribution in [0.4, 0.5) is 5.82 Å². The zero-order valence-electron chi connectivity index (χ0n) is 14.7. The van der Waals surface area contributed by atoms with Gasteiger partial charge in [-0.1, -0.05) is 18.2 Å². The molecule has 9 heteroatoms. The number of nitrogens with zero attached hydrogens (tertiary/aromatic N) is 7. The molecule has 0 fully saturated rings. The molecule has 0 aliphatic carbocycles. The molecule has 0 spiro atoms. The molecular weight excluding hydrogens is 344 g/mol. The summed E-state index contributed by atoms with van der Waals surface area (Å²) in [5, 5.41) is 15.4. The largest absolute Gasteiger partial charge is 0.305 e. The number of hydrogen-bond donors (Lipinski definition) is 1. The van der Waals surface area contributed by atoms with E-state index in [1.807, 2.05) is 50.2 Å². The SMILES string of the molecule is Cc1cc(C)n(-c2cc(NC(=O)c3cnn(-c4ccccc4)n3)ncn2)n1. The first-order chi connectivity index (χ1) is 13.1. The van der Waals surface area contributed by atoms with Gasteiger partial charge in [0, 0.05) is 11.8 Å². The van der Waals surface area contributed by atoms with Gasteiger partial charge in [0.2, 0.25) is 0 Å². The number of amides is 1. The van der Waals surface area contributed by atoms with Gasteiger partial charge in [-0.05, 0) is 32.0 Å². The average molecular weight is 360 g/mol. The molecule has 134 valence electrons. The molecule has 3 aromatic heterocycles. The Morgan fingerprint density at radius 3 is 2.59 bits per heavy atom. The van der Waals surface area contributed by atoms with Crippen molar-refractivity contribution in [3.05, 3.63) is 72.1 Å². The lowest BCUT2D eigenvalue weighted by Crippen LogP contribution is -2.15. The first-order valence-electron chi connectivity index (χ1n) is 8.25. The van der Waals surface area contributed by atoms with Crippen LogP contribution in [0.3, 0.4) is 0 Å². The average Bonchev–Trinajstić information content (AvgIpc) is 3.29. The van der Waals surface area contributed by atoms with Gasteiger partial charge < -0.3 is 5.32 Å². The van der Waals surface area contributed by atoms with Gasteiger partial charge in [-0.3, -0.25) is 4.79 Å². The van der Waals surface area contributed by atoms with E-state index in [2.05, 4.69) is 30.6 Å². The maximum Gasteiger partial charge on any atom is 0.279 e. The molecule has 0 bridgehead atoms. The summed E-state index contributed by atoms with van der Waals surface area (Å²) in [4.78, 5) is 22.2. The standard InChI is InChI=1S/C18H16N8O/c1-12-8-13(2)25(23-12)17-9-16(19-11-20-17)22-18(27)15-10-21-26(24-15)14-6-4-3-5-7-14/h3-11H,1-2H3,(H,19,20,22,27). The number of anilines is 1. The van der Waals surface area contributed by atoms with Gasteiger partial charge in [-0.15, -0.1) is 5.10 Å². The molecule has 0 unspecified atom stereocenters. The number of aromatic nitrogens is 7. The summed E-state index contributed by atoms with van der Waals surface area (Å²) in [7, 11) is 0. The van der Waals surface area contributed by atoms with Crippen LogP contribution in [0.2, 0.25) is 0 Å². The number of rotatable bonds is 4. The Bertz CT molecular complexity index is 1100. The van der Waals surface area contributed by atoms with E-state index in [0.29, 0.717) is 11.6 Å². The smallest absolute Gasteiger partial charge is 0.279 e. The first kappa shape index (κ1) is 16.6. The second-order valence-electron chi connectivity index (χ2n) is 5.91. The fourth-order valence-corrected chi connectivity index (χ4v) is 2.63. The molecule has 0 aliphatic heterocycles. The minimum atomic E-state index is -0.407. The molecule has 0 saturated carbocycles. The van der Waals surface area contributed by atoms with Gasteiger partial charge in [0.05, 0.1) is 17.6 Å². The van der Waals surface area contributed by atoms with Gasteiger partial charge in [-0.25, -0.2) is 14.6 Å². The van der Waals surface area contributed by atoms with E-state index in [9.17, 15) is 4.79 Å². The number of nitrogens with one attached hydrogen (secondary N) is 1. The Balaban J connectivity index is 1.54. The molecule has 0 aliphatic rings. The van der Waals surface area contributed by atoms with E-state index >= 15 is 0 Å². The predicted octanol–water partition coefficient (Wildman–Crippen LogP) is 2.11. The molecule has 0 atom stereocenters. The van der Waals surface area contributed by atoms with Crippen LogP contribution >= 0.6 is 0 Å². The van der Waals surface area contributed by atoms with E-state index in [1.165, 1.54) is 17.3 Å². The Morgan fingerprint density at radius 1 is 1.04 bits per heavy atom. The van der Waals surface area contributed by atoms with Crippen molar-refractivity contribution in [1.29, 1.82) is 0 Å². The zero-order valence-corrected chi connectivity index (χ0v) is 14.7. The van der Waals surface area contributed by atoms with Crippen molar-refractivity contribution in [2.45, 2.75) is 13.8 Å². The van der Waals surface area contributed by atoms with E-state index < -0.39 is 5.91 Å². The molecule has 27 heavy (non-hydrogen) atoms. The lowest BCUT2D eigenvalue weighted by atomic mass is 10.3. The summed E-state index contributed by atoms with van der Waals surface area (Å²) in [6.45, 7) is 3.84. The Kier molecular flexibility index (Phi) is 4.17. The second-order valence-corrected chi connectivity index (χ2v) is 5.91. The molecule has 1 aromatic carbocycles. The van der Waals surface area contributed by atoms with Crippen LogP contribution in [0.1, 0.15) is 21.9 Å². The predicted molar refractivity (Wildman–Crippen MR) is 97.9 cm³/mol. The summed E-state index contributed by atoms with van der Waals surface area (Å²) >= 11 is 0. The van der Waals surface area contributed by atoms with Crippen molar-refractivity contribution < 1.29 is 4.79 Å². The maximum atomic E-state index is 12.5. The number of carbonyl (C=O) groups excluding carboxylic acids is 1. The minimum absolute atomic E-state index is 0.185. The summed E-state index contributed by atoms with van der Waals surface area (Å²) in [6, 6.07) is 13.0. The van der Waals surface area contributed by atoms with Gasteiger partial charge in [-0.2, -0.15) is 15.0 Å². The molecule has 4 aromatic rings. The Hall–Kier alpha value is -3.88. The monoisotopic (exact) mass is 360 g/mol. The highest BCUT2D eigenvalue weighted by atomic mass is 16.2. The maximum absolute atomic E-state index is 12.5. The number of hydrogen-bond acceptors (Lipinski definition) is 6. The van der Waals surface area contributed by atoms with Crippen molar-refractivity contribution in [2.75, 3.05) is 5.32 Å². The second kappa shape index (κ2) is 6.79. The Morgan fingerprint density at radius 2 is 1.85 bits per heavy atom. The van der Waals surface area contributed by atoms with Gasteiger partial charge >= 0.3 is 0 Å².